The molecule has 0 aliphatic rings. The number of nitrogens with one attached hydrogen (secondary N) is 1. The van der Waals surface area contributed by atoms with Gasteiger partial charge in [0, 0.05) is 19.2 Å². The average molecular weight is 319 g/mol. The molecule has 2 aromatic rings. The van der Waals surface area contributed by atoms with E-state index >= 15 is 0 Å². The van der Waals surface area contributed by atoms with Gasteiger partial charge in [0.2, 0.25) is 5.88 Å². The minimum Gasteiger partial charge on any atom is -0.473 e. The Balaban J connectivity index is 2.10. The van der Waals surface area contributed by atoms with Crippen LogP contribution in [0.2, 0.25) is 0 Å². The third-order valence-electron chi connectivity index (χ3n) is 3.75. The van der Waals surface area contributed by atoms with Crippen molar-refractivity contribution in [3.05, 3.63) is 46.9 Å². The first-order valence-electron chi connectivity index (χ1n) is 8.08. The summed E-state index contributed by atoms with van der Waals surface area (Å²) < 4.78 is 21.1. The number of benzene rings is 1. The van der Waals surface area contributed by atoms with Gasteiger partial charge in [-0.15, -0.1) is 0 Å². The molecule has 0 aliphatic heterocycles. The van der Waals surface area contributed by atoms with Crippen molar-refractivity contribution < 1.29 is 9.13 Å². The van der Waals surface area contributed by atoms with Crippen LogP contribution in [0.15, 0.2) is 24.3 Å². The molecular weight excluding hydrogens is 293 g/mol. The van der Waals surface area contributed by atoms with Crippen molar-refractivity contribution in [1.82, 2.24) is 15.1 Å². The second kappa shape index (κ2) is 8.11. The van der Waals surface area contributed by atoms with Gasteiger partial charge in [0.25, 0.3) is 0 Å². The Hall–Kier alpha value is -1.88. The van der Waals surface area contributed by atoms with Crippen molar-refractivity contribution in [3.63, 3.8) is 0 Å². The summed E-state index contributed by atoms with van der Waals surface area (Å²) in [6.07, 6.45) is 1.05. The number of hydrogen-bond acceptors (Lipinski definition) is 3. The van der Waals surface area contributed by atoms with Crippen molar-refractivity contribution in [2.45, 2.75) is 46.9 Å². The molecule has 23 heavy (non-hydrogen) atoms. The Morgan fingerprint density at radius 3 is 2.74 bits per heavy atom. The van der Waals surface area contributed by atoms with E-state index in [0.29, 0.717) is 19.1 Å². The number of aryl methyl sites for hydroxylation is 2. The smallest absolute Gasteiger partial charge is 0.212 e. The highest BCUT2D eigenvalue weighted by Gasteiger charge is 2.10. The number of halogens is 1. The molecule has 1 N–H and O–H groups in total. The molecule has 1 aromatic heterocycles. The first-order valence-corrected chi connectivity index (χ1v) is 8.08. The summed E-state index contributed by atoms with van der Waals surface area (Å²) in [5, 5.41) is 7.70. The zero-order valence-corrected chi connectivity index (χ0v) is 14.4. The summed E-state index contributed by atoms with van der Waals surface area (Å²) in [7, 11) is 1.90. The van der Waals surface area contributed by atoms with E-state index in [4.69, 9.17) is 4.74 Å². The number of ether oxygens (including phenoxy) is 1. The molecule has 0 fully saturated rings. The summed E-state index contributed by atoms with van der Waals surface area (Å²) >= 11 is 0. The minimum atomic E-state index is -0.218. The van der Waals surface area contributed by atoms with Crippen molar-refractivity contribution in [3.8, 4) is 5.88 Å². The zero-order chi connectivity index (χ0) is 16.8. The summed E-state index contributed by atoms with van der Waals surface area (Å²) in [6, 6.07) is 6.74. The Morgan fingerprint density at radius 2 is 2.09 bits per heavy atom. The monoisotopic (exact) mass is 319 g/mol. The van der Waals surface area contributed by atoms with Gasteiger partial charge in [-0.05, 0) is 49.6 Å². The van der Waals surface area contributed by atoms with Crippen LogP contribution in [-0.2, 0) is 19.7 Å². The van der Waals surface area contributed by atoms with Crippen LogP contribution in [-0.4, -0.2) is 16.8 Å². The fraction of sp³-hybridized carbons (Fsp3) is 0.500. The van der Waals surface area contributed by atoms with Gasteiger partial charge >= 0.3 is 0 Å². The summed E-state index contributed by atoms with van der Waals surface area (Å²) in [5.74, 6) is 1.16. The SMILES string of the molecule is CNCc1cc(OCc2ccc(F)cc2C)n(CCC(C)C)n1. The van der Waals surface area contributed by atoms with Gasteiger partial charge < -0.3 is 10.1 Å². The third kappa shape index (κ3) is 5.06. The summed E-state index contributed by atoms with van der Waals surface area (Å²) in [5.41, 5.74) is 2.84. The maximum atomic E-state index is 13.2. The van der Waals surface area contributed by atoms with Gasteiger partial charge in [-0.3, -0.25) is 0 Å². The highest BCUT2D eigenvalue weighted by molar-refractivity contribution is 5.26. The van der Waals surface area contributed by atoms with Gasteiger partial charge in [-0.25, -0.2) is 9.07 Å². The molecule has 0 saturated carbocycles. The molecule has 0 saturated heterocycles. The summed E-state index contributed by atoms with van der Waals surface area (Å²) in [6.45, 7) is 8.24. The molecule has 0 aliphatic carbocycles. The highest BCUT2D eigenvalue weighted by Crippen LogP contribution is 2.19. The number of rotatable bonds is 8. The van der Waals surface area contributed by atoms with Crippen molar-refractivity contribution in [1.29, 1.82) is 0 Å². The quantitative estimate of drug-likeness (QED) is 0.807. The van der Waals surface area contributed by atoms with Gasteiger partial charge in [-0.2, -0.15) is 5.10 Å². The Kier molecular flexibility index (Phi) is 6.16. The van der Waals surface area contributed by atoms with Crippen molar-refractivity contribution >= 4 is 0 Å². The van der Waals surface area contributed by atoms with Crippen LogP contribution in [0.4, 0.5) is 4.39 Å². The maximum Gasteiger partial charge on any atom is 0.212 e. The topological polar surface area (TPSA) is 39.1 Å². The molecular formula is C18H26FN3O. The molecule has 5 heteroatoms. The maximum absolute atomic E-state index is 13.2. The Morgan fingerprint density at radius 1 is 1.30 bits per heavy atom. The lowest BCUT2D eigenvalue weighted by Gasteiger charge is -2.11. The Labute approximate surface area is 137 Å². The van der Waals surface area contributed by atoms with E-state index in [1.54, 1.807) is 6.07 Å². The molecule has 0 amide bonds. The fourth-order valence-corrected chi connectivity index (χ4v) is 2.35. The first kappa shape index (κ1) is 17.5. The van der Waals surface area contributed by atoms with Crippen LogP contribution in [0.25, 0.3) is 0 Å². The molecule has 1 aromatic carbocycles. The zero-order valence-electron chi connectivity index (χ0n) is 14.4. The normalized spacial score (nSPS) is 11.2. The van der Waals surface area contributed by atoms with Crippen molar-refractivity contribution in [2.75, 3.05) is 7.05 Å². The largest absolute Gasteiger partial charge is 0.473 e. The second-order valence-electron chi connectivity index (χ2n) is 6.27. The predicted octanol–water partition coefficient (Wildman–Crippen LogP) is 3.68. The van der Waals surface area contributed by atoms with Gasteiger partial charge in [0.15, 0.2) is 0 Å². The highest BCUT2D eigenvalue weighted by atomic mass is 19.1. The van der Waals surface area contributed by atoms with Crippen LogP contribution in [0.5, 0.6) is 5.88 Å². The standard InChI is InChI=1S/C18H26FN3O/c1-13(2)7-8-22-18(10-17(21-22)11-20-4)23-12-15-5-6-16(19)9-14(15)3/h5-6,9-10,13,20H,7-8,11-12H2,1-4H3. The minimum absolute atomic E-state index is 0.218. The Bertz CT molecular complexity index is 637. The predicted molar refractivity (Wildman–Crippen MR) is 89.9 cm³/mol. The van der Waals surface area contributed by atoms with Crippen LogP contribution in [0, 0.1) is 18.7 Å². The molecule has 126 valence electrons. The van der Waals surface area contributed by atoms with Crippen LogP contribution in [0.3, 0.4) is 0 Å². The van der Waals surface area contributed by atoms with Gasteiger partial charge in [-0.1, -0.05) is 19.9 Å². The van der Waals surface area contributed by atoms with Gasteiger partial charge in [0.05, 0.1) is 5.69 Å². The van der Waals surface area contributed by atoms with E-state index < -0.39 is 0 Å². The van der Waals surface area contributed by atoms with E-state index in [1.807, 2.05) is 24.7 Å². The summed E-state index contributed by atoms with van der Waals surface area (Å²) in [4.78, 5) is 0. The molecule has 0 atom stereocenters. The molecule has 0 bridgehead atoms. The van der Waals surface area contributed by atoms with E-state index in [2.05, 4.69) is 24.3 Å². The van der Waals surface area contributed by atoms with Crippen LogP contribution >= 0.6 is 0 Å². The third-order valence-corrected chi connectivity index (χ3v) is 3.75. The molecule has 2 rings (SSSR count). The van der Waals surface area contributed by atoms with E-state index in [1.165, 1.54) is 12.1 Å². The average Bonchev–Trinajstić information content (AvgIpc) is 2.87. The first-order chi connectivity index (χ1) is 11.0. The molecule has 0 radical (unpaired) electrons. The number of hydrogen-bond donors (Lipinski definition) is 1. The fourth-order valence-electron chi connectivity index (χ4n) is 2.35. The molecule has 0 spiro atoms. The van der Waals surface area contributed by atoms with Crippen LogP contribution in [0.1, 0.15) is 37.1 Å². The van der Waals surface area contributed by atoms with Crippen molar-refractivity contribution in [2.24, 2.45) is 5.92 Å². The number of nitrogens with zero attached hydrogens (tertiary/aromatic N) is 2. The van der Waals surface area contributed by atoms with E-state index in [9.17, 15) is 4.39 Å². The van der Waals surface area contributed by atoms with Crippen LogP contribution < -0.4 is 10.1 Å². The van der Waals surface area contributed by atoms with E-state index in [0.717, 1.165) is 35.7 Å². The lowest BCUT2D eigenvalue weighted by molar-refractivity contribution is 0.267. The lowest BCUT2D eigenvalue weighted by atomic mass is 10.1. The van der Waals surface area contributed by atoms with Gasteiger partial charge in [0.1, 0.15) is 12.4 Å². The lowest BCUT2D eigenvalue weighted by Crippen LogP contribution is -2.09. The van der Waals surface area contributed by atoms with E-state index in [-0.39, 0.29) is 5.82 Å². The molecule has 4 nitrogen and oxygen atoms in total. The second-order valence-corrected chi connectivity index (χ2v) is 6.27. The molecule has 1 heterocycles. The molecule has 0 unspecified atom stereocenters. The number of aromatic nitrogens is 2.